The quantitative estimate of drug-likeness (QED) is 0.573. The molecule has 0 spiro atoms. The number of rotatable bonds is 4. The fourth-order valence-electron chi connectivity index (χ4n) is 3.09. The van der Waals surface area contributed by atoms with Crippen molar-refractivity contribution in [2.45, 2.75) is 13.0 Å². The summed E-state index contributed by atoms with van der Waals surface area (Å²) in [5.41, 5.74) is 10.3. The molecule has 0 aliphatic carbocycles. The van der Waals surface area contributed by atoms with Crippen LogP contribution in [0.25, 0.3) is 11.2 Å². The number of nitrogens with one attached hydrogen (secondary N) is 1. The van der Waals surface area contributed by atoms with Gasteiger partial charge < -0.3 is 15.2 Å². The molecule has 0 fully saturated rings. The molecule has 0 radical (unpaired) electrons. The number of fused-ring (bicyclic) bond motifs is 2. The Hall–Kier alpha value is -3.62. The molecule has 0 saturated heterocycles. The second kappa shape index (κ2) is 5.73. The van der Waals surface area contributed by atoms with E-state index in [4.69, 9.17) is 15.2 Å². The van der Waals surface area contributed by atoms with E-state index in [-0.39, 0.29) is 6.79 Å². The van der Waals surface area contributed by atoms with Gasteiger partial charge in [-0.1, -0.05) is 11.3 Å². The van der Waals surface area contributed by atoms with Crippen LogP contribution in [0.3, 0.4) is 0 Å². The molecular formula is C17H15N7O2. The van der Waals surface area contributed by atoms with Crippen LogP contribution in [-0.4, -0.2) is 37.0 Å². The van der Waals surface area contributed by atoms with Gasteiger partial charge in [-0.2, -0.15) is 5.10 Å². The van der Waals surface area contributed by atoms with Crippen molar-refractivity contribution in [2.24, 2.45) is 0 Å². The molecular weight excluding hydrogens is 334 g/mol. The predicted molar refractivity (Wildman–Crippen MR) is 92.8 cm³/mol. The van der Waals surface area contributed by atoms with Crippen molar-refractivity contribution >= 4 is 17.0 Å². The van der Waals surface area contributed by atoms with E-state index in [1.807, 2.05) is 41.3 Å². The number of H-pyrrole nitrogens is 1. The lowest BCUT2D eigenvalue weighted by atomic mass is 10.1. The Morgan fingerprint density at radius 2 is 2.08 bits per heavy atom. The molecule has 0 bridgehead atoms. The lowest BCUT2D eigenvalue weighted by molar-refractivity contribution is 0.174. The standard InChI is InChI=1S/C17H15N7O2/c18-15-5-12(16-17(20-15)22-23-21-16)3-11-6-19-24(8-11)7-10-1-2-13-14(4-10)26-9-25-13/h1-2,4-6,8H,3,7,9H2,(H3,18,20,21,22,23). The van der Waals surface area contributed by atoms with Gasteiger partial charge in [0.05, 0.1) is 12.7 Å². The highest BCUT2D eigenvalue weighted by molar-refractivity contribution is 5.76. The van der Waals surface area contributed by atoms with Crippen LogP contribution in [0.2, 0.25) is 0 Å². The first-order chi connectivity index (χ1) is 12.7. The van der Waals surface area contributed by atoms with Crippen LogP contribution in [0.15, 0.2) is 36.7 Å². The summed E-state index contributed by atoms with van der Waals surface area (Å²) in [4.78, 5) is 4.18. The molecule has 1 aromatic carbocycles. The molecule has 0 unspecified atom stereocenters. The fraction of sp³-hybridized carbons (Fsp3) is 0.176. The number of nitrogens with two attached hydrogens (primary N) is 1. The maximum atomic E-state index is 5.86. The average Bonchev–Trinajstić information content (AvgIpc) is 3.35. The summed E-state index contributed by atoms with van der Waals surface area (Å²) < 4.78 is 12.6. The minimum absolute atomic E-state index is 0.274. The number of benzene rings is 1. The second-order valence-corrected chi connectivity index (χ2v) is 6.13. The average molecular weight is 349 g/mol. The maximum absolute atomic E-state index is 5.86. The molecule has 26 heavy (non-hydrogen) atoms. The van der Waals surface area contributed by atoms with Gasteiger partial charge in [0, 0.05) is 12.6 Å². The zero-order valence-electron chi connectivity index (χ0n) is 13.7. The summed E-state index contributed by atoms with van der Waals surface area (Å²) in [6.07, 6.45) is 4.50. The van der Waals surface area contributed by atoms with Crippen LogP contribution in [0.4, 0.5) is 5.82 Å². The number of ether oxygens (including phenoxy) is 2. The van der Waals surface area contributed by atoms with Gasteiger partial charge >= 0.3 is 0 Å². The van der Waals surface area contributed by atoms with E-state index in [1.54, 1.807) is 0 Å². The Morgan fingerprint density at radius 1 is 1.15 bits per heavy atom. The van der Waals surface area contributed by atoms with E-state index >= 15 is 0 Å². The minimum atomic E-state index is 0.274. The van der Waals surface area contributed by atoms with Gasteiger partial charge in [0.2, 0.25) is 6.79 Å². The summed E-state index contributed by atoms with van der Waals surface area (Å²) in [6.45, 7) is 0.921. The Labute approximate surface area is 147 Å². The number of pyridine rings is 1. The Morgan fingerprint density at radius 3 is 3.04 bits per heavy atom. The lowest BCUT2D eigenvalue weighted by Crippen LogP contribution is -2.00. The molecule has 5 rings (SSSR count). The third kappa shape index (κ3) is 2.59. The van der Waals surface area contributed by atoms with E-state index < -0.39 is 0 Å². The number of hydrogen-bond acceptors (Lipinski definition) is 7. The number of nitrogen functional groups attached to an aromatic ring is 1. The van der Waals surface area contributed by atoms with Gasteiger partial charge in [-0.3, -0.25) is 4.68 Å². The smallest absolute Gasteiger partial charge is 0.231 e. The van der Waals surface area contributed by atoms with Gasteiger partial charge in [0.1, 0.15) is 11.3 Å². The molecule has 0 atom stereocenters. The molecule has 1 aliphatic heterocycles. The van der Waals surface area contributed by atoms with Crippen molar-refractivity contribution in [2.75, 3.05) is 12.5 Å². The Kier molecular flexibility index (Phi) is 3.24. The molecule has 4 aromatic rings. The van der Waals surface area contributed by atoms with Crippen molar-refractivity contribution in [1.29, 1.82) is 0 Å². The topological polar surface area (TPSA) is 117 Å². The normalized spacial score (nSPS) is 12.8. The molecule has 9 heteroatoms. The van der Waals surface area contributed by atoms with Crippen molar-refractivity contribution < 1.29 is 9.47 Å². The van der Waals surface area contributed by atoms with E-state index in [2.05, 4.69) is 25.5 Å². The number of nitrogens with zero attached hydrogens (tertiary/aromatic N) is 5. The number of aromatic nitrogens is 6. The molecule has 3 N–H and O–H groups in total. The van der Waals surface area contributed by atoms with Crippen molar-refractivity contribution in [3.05, 3.63) is 53.3 Å². The number of hydrogen-bond donors (Lipinski definition) is 2. The number of aromatic amines is 1. The second-order valence-electron chi connectivity index (χ2n) is 6.13. The third-order valence-corrected chi connectivity index (χ3v) is 4.26. The summed E-state index contributed by atoms with van der Waals surface area (Å²) in [6, 6.07) is 7.73. The largest absolute Gasteiger partial charge is 0.454 e. The highest BCUT2D eigenvalue weighted by Gasteiger charge is 2.14. The molecule has 9 nitrogen and oxygen atoms in total. The molecule has 0 saturated carbocycles. The molecule has 0 amide bonds. The summed E-state index contributed by atoms with van der Waals surface area (Å²) in [7, 11) is 0. The summed E-state index contributed by atoms with van der Waals surface area (Å²) in [5.74, 6) is 1.99. The Balaban J connectivity index is 1.37. The van der Waals surface area contributed by atoms with E-state index in [0.717, 1.165) is 33.7 Å². The van der Waals surface area contributed by atoms with Crippen LogP contribution in [0.5, 0.6) is 11.5 Å². The van der Waals surface area contributed by atoms with Gasteiger partial charge in [-0.15, -0.1) is 5.10 Å². The predicted octanol–water partition coefficient (Wildman–Crippen LogP) is 1.50. The highest BCUT2D eigenvalue weighted by Crippen LogP contribution is 2.32. The van der Waals surface area contributed by atoms with E-state index in [9.17, 15) is 0 Å². The fourth-order valence-corrected chi connectivity index (χ4v) is 3.09. The zero-order valence-corrected chi connectivity index (χ0v) is 13.7. The zero-order chi connectivity index (χ0) is 17.5. The Bertz CT molecular complexity index is 1100. The van der Waals surface area contributed by atoms with Crippen molar-refractivity contribution in [1.82, 2.24) is 30.2 Å². The highest BCUT2D eigenvalue weighted by atomic mass is 16.7. The first-order valence-electron chi connectivity index (χ1n) is 8.10. The monoisotopic (exact) mass is 349 g/mol. The van der Waals surface area contributed by atoms with Crippen LogP contribution >= 0.6 is 0 Å². The van der Waals surface area contributed by atoms with Crippen LogP contribution in [-0.2, 0) is 13.0 Å². The van der Waals surface area contributed by atoms with Gasteiger partial charge in [-0.25, -0.2) is 10.1 Å². The van der Waals surface area contributed by atoms with E-state index in [0.29, 0.717) is 24.4 Å². The molecule has 1 aliphatic rings. The van der Waals surface area contributed by atoms with Crippen LogP contribution < -0.4 is 15.2 Å². The van der Waals surface area contributed by atoms with Crippen LogP contribution in [0.1, 0.15) is 16.7 Å². The molecule has 4 heterocycles. The minimum Gasteiger partial charge on any atom is -0.454 e. The van der Waals surface area contributed by atoms with Gasteiger partial charge in [0.15, 0.2) is 17.1 Å². The number of anilines is 1. The molecule has 130 valence electrons. The van der Waals surface area contributed by atoms with Gasteiger partial charge in [-0.05, 0) is 34.9 Å². The van der Waals surface area contributed by atoms with Crippen molar-refractivity contribution in [3.8, 4) is 11.5 Å². The third-order valence-electron chi connectivity index (χ3n) is 4.26. The molecule has 3 aromatic heterocycles. The summed E-state index contributed by atoms with van der Waals surface area (Å²) >= 11 is 0. The lowest BCUT2D eigenvalue weighted by Gasteiger charge is -2.04. The SMILES string of the molecule is Nc1cc(Cc2cnn(Cc3ccc4c(c3)OCO4)c2)c2nn[nH]c2n1. The first-order valence-corrected chi connectivity index (χ1v) is 8.10. The maximum Gasteiger partial charge on any atom is 0.231 e. The van der Waals surface area contributed by atoms with Crippen molar-refractivity contribution in [3.63, 3.8) is 0 Å². The van der Waals surface area contributed by atoms with Crippen LogP contribution in [0, 0.1) is 0 Å². The first kappa shape index (κ1) is 14.7. The summed E-state index contributed by atoms with van der Waals surface area (Å²) in [5, 5.41) is 15.1. The van der Waals surface area contributed by atoms with E-state index in [1.165, 1.54) is 0 Å². The van der Waals surface area contributed by atoms with Gasteiger partial charge in [0.25, 0.3) is 0 Å².